The Balaban J connectivity index is 1.38. The summed E-state index contributed by atoms with van der Waals surface area (Å²) in [6.07, 6.45) is 11.6. The summed E-state index contributed by atoms with van der Waals surface area (Å²) in [7, 11) is 0. The van der Waals surface area contributed by atoms with Crippen molar-refractivity contribution in [3.63, 3.8) is 0 Å². The second-order valence-electron chi connectivity index (χ2n) is 8.94. The standard InChI is InChI=1S/C24H36N4O2/c1-19-21(24(29)25-11-12-27-13-15-30-16-14-27)9-10-23-22(19)18-28(26-23)17-20-7-5-3-2-4-6-8-20/h9-10,18,20H,2-8,11-17H2,1H3,(H,25,29). The van der Waals surface area contributed by atoms with Gasteiger partial charge in [0.1, 0.15) is 0 Å². The molecule has 1 N–H and O–H groups in total. The highest BCUT2D eigenvalue weighted by molar-refractivity contribution is 6.00. The van der Waals surface area contributed by atoms with Gasteiger partial charge < -0.3 is 10.1 Å². The Morgan fingerprint density at radius 2 is 1.87 bits per heavy atom. The van der Waals surface area contributed by atoms with Crippen LogP contribution in [0.1, 0.15) is 60.9 Å². The van der Waals surface area contributed by atoms with Gasteiger partial charge in [-0.3, -0.25) is 14.4 Å². The van der Waals surface area contributed by atoms with Crippen molar-refractivity contribution in [2.24, 2.45) is 5.92 Å². The van der Waals surface area contributed by atoms with Crippen molar-refractivity contribution < 1.29 is 9.53 Å². The molecule has 0 radical (unpaired) electrons. The van der Waals surface area contributed by atoms with Gasteiger partial charge in [0.15, 0.2) is 0 Å². The topological polar surface area (TPSA) is 59.4 Å². The molecule has 1 aromatic carbocycles. The van der Waals surface area contributed by atoms with Crippen molar-refractivity contribution in [3.8, 4) is 0 Å². The molecule has 164 valence electrons. The molecule has 1 aliphatic heterocycles. The maximum atomic E-state index is 12.8. The second-order valence-corrected chi connectivity index (χ2v) is 8.94. The molecule has 0 unspecified atom stereocenters. The quantitative estimate of drug-likeness (QED) is 0.785. The smallest absolute Gasteiger partial charge is 0.251 e. The SMILES string of the molecule is Cc1c(C(=O)NCCN2CCOCC2)ccc2nn(CC3CCCCCCC3)cc12. The summed E-state index contributed by atoms with van der Waals surface area (Å²) in [6.45, 7) is 8.04. The monoisotopic (exact) mass is 412 g/mol. The first-order chi connectivity index (χ1) is 14.7. The van der Waals surface area contributed by atoms with Gasteiger partial charge in [-0.2, -0.15) is 5.10 Å². The van der Waals surface area contributed by atoms with E-state index in [-0.39, 0.29) is 5.91 Å². The molecule has 2 fully saturated rings. The minimum absolute atomic E-state index is 0.00966. The minimum atomic E-state index is 0.00966. The van der Waals surface area contributed by atoms with Gasteiger partial charge in [0.05, 0.1) is 18.7 Å². The van der Waals surface area contributed by atoms with Crippen LogP contribution in [0.15, 0.2) is 18.3 Å². The summed E-state index contributed by atoms with van der Waals surface area (Å²) in [4.78, 5) is 15.1. The van der Waals surface area contributed by atoms with Gasteiger partial charge >= 0.3 is 0 Å². The molecule has 1 amide bonds. The molecule has 0 atom stereocenters. The number of hydrogen-bond acceptors (Lipinski definition) is 4. The first-order valence-electron chi connectivity index (χ1n) is 11.8. The highest BCUT2D eigenvalue weighted by atomic mass is 16.5. The lowest BCUT2D eigenvalue weighted by Crippen LogP contribution is -2.41. The fraction of sp³-hybridized carbons (Fsp3) is 0.667. The molecule has 4 rings (SSSR count). The predicted molar refractivity (Wildman–Crippen MR) is 120 cm³/mol. The van der Waals surface area contributed by atoms with Crippen molar-refractivity contribution in [2.45, 2.75) is 58.4 Å². The van der Waals surface area contributed by atoms with Crippen LogP contribution < -0.4 is 5.32 Å². The zero-order valence-electron chi connectivity index (χ0n) is 18.4. The summed E-state index contributed by atoms with van der Waals surface area (Å²) in [5.74, 6) is 0.735. The first kappa shape index (κ1) is 21.3. The molecule has 0 spiro atoms. The van der Waals surface area contributed by atoms with Crippen molar-refractivity contribution in [3.05, 3.63) is 29.5 Å². The van der Waals surface area contributed by atoms with Gasteiger partial charge in [-0.25, -0.2) is 0 Å². The van der Waals surface area contributed by atoms with Crippen molar-refractivity contribution in [1.82, 2.24) is 20.0 Å². The number of hydrogen-bond donors (Lipinski definition) is 1. The van der Waals surface area contributed by atoms with Gasteiger partial charge in [0, 0.05) is 49.9 Å². The van der Waals surface area contributed by atoms with Gasteiger partial charge in [0.2, 0.25) is 0 Å². The summed E-state index contributed by atoms with van der Waals surface area (Å²) in [6, 6.07) is 3.92. The summed E-state index contributed by atoms with van der Waals surface area (Å²) in [5.41, 5.74) is 2.78. The fourth-order valence-electron chi connectivity index (χ4n) is 4.86. The molecule has 1 saturated carbocycles. The Bertz CT molecular complexity index is 833. The number of rotatable bonds is 6. The third-order valence-corrected chi connectivity index (χ3v) is 6.74. The molecular formula is C24H36N4O2. The second kappa shape index (κ2) is 10.4. The van der Waals surface area contributed by atoms with Crippen LogP contribution in [-0.2, 0) is 11.3 Å². The number of carbonyl (C=O) groups excluding carboxylic acids is 1. The van der Waals surface area contributed by atoms with Gasteiger partial charge in [-0.05, 0) is 43.4 Å². The van der Waals surface area contributed by atoms with Crippen LogP contribution in [-0.4, -0.2) is 60.0 Å². The number of nitrogens with one attached hydrogen (secondary N) is 1. The highest BCUT2D eigenvalue weighted by Crippen LogP contribution is 2.26. The third-order valence-electron chi connectivity index (χ3n) is 6.74. The number of aromatic nitrogens is 2. The fourth-order valence-corrected chi connectivity index (χ4v) is 4.86. The number of carbonyl (C=O) groups is 1. The van der Waals surface area contributed by atoms with Crippen LogP contribution in [0.3, 0.4) is 0 Å². The van der Waals surface area contributed by atoms with Crippen molar-refractivity contribution in [1.29, 1.82) is 0 Å². The summed E-state index contributed by atoms with van der Waals surface area (Å²) < 4.78 is 7.49. The van der Waals surface area contributed by atoms with Gasteiger partial charge in [-0.1, -0.05) is 32.1 Å². The van der Waals surface area contributed by atoms with Gasteiger partial charge in [0.25, 0.3) is 5.91 Å². The van der Waals surface area contributed by atoms with Crippen LogP contribution in [0.2, 0.25) is 0 Å². The summed E-state index contributed by atoms with van der Waals surface area (Å²) in [5, 5.41) is 9.00. The predicted octanol–water partition coefficient (Wildman–Crippen LogP) is 3.77. The molecule has 2 aromatic rings. The lowest BCUT2D eigenvalue weighted by Gasteiger charge is -2.26. The average Bonchev–Trinajstić information content (AvgIpc) is 3.14. The number of nitrogens with zero attached hydrogens (tertiary/aromatic N) is 3. The molecule has 2 aliphatic rings. The van der Waals surface area contributed by atoms with Crippen molar-refractivity contribution >= 4 is 16.8 Å². The molecule has 0 bridgehead atoms. The Hall–Kier alpha value is -1.92. The molecule has 1 saturated heterocycles. The zero-order chi connectivity index (χ0) is 20.8. The lowest BCUT2D eigenvalue weighted by atomic mass is 9.91. The lowest BCUT2D eigenvalue weighted by molar-refractivity contribution is 0.0383. The van der Waals surface area contributed by atoms with Crippen LogP contribution in [0.4, 0.5) is 0 Å². The average molecular weight is 413 g/mol. The Kier molecular flexibility index (Phi) is 7.39. The van der Waals surface area contributed by atoms with E-state index in [4.69, 9.17) is 9.84 Å². The molecule has 6 heteroatoms. The van der Waals surface area contributed by atoms with E-state index in [1.54, 1.807) is 0 Å². The van der Waals surface area contributed by atoms with Crippen LogP contribution in [0.5, 0.6) is 0 Å². The zero-order valence-corrected chi connectivity index (χ0v) is 18.4. The largest absolute Gasteiger partial charge is 0.379 e. The number of benzene rings is 1. The maximum absolute atomic E-state index is 12.8. The van der Waals surface area contributed by atoms with Crippen molar-refractivity contribution in [2.75, 3.05) is 39.4 Å². The number of morpholine rings is 1. The number of ether oxygens (including phenoxy) is 1. The van der Waals surface area contributed by atoms with Crippen LogP contribution in [0, 0.1) is 12.8 Å². The molecule has 2 heterocycles. The Morgan fingerprint density at radius 1 is 1.13 bits per heavy atom. The Labute approximate surface area is 179 Å². The normalized spacial score (nSPS) is 19.5. The van der Waals surface area contributed by atoms with E-state index in [1.807, 2.05) is 19.1 Å². The summed E-state index contributed by atoms with van der Waals surface area (Å²) >= 11 is 0. The maximum Gasteiger partial charge on any atom is 0.251 e. The van der Waals surface area contributed by atoms with E-state index in [2.05, 4.69) is 21.1 Å². The number of fused-ring (bicyclic) bond motifs is 1. The Morgan fingerprint density at radius 3 is 2.63 bits per heavy atom. The van der Waals surface area contributed by atoms with E-state index in [1.165, 1.54) is 44.9 Å². The number of amides is 1. The van der Waals surface area contributed by atoms with Crippen LogP contribution >= 0.6 is 0 Å². The van der Waals surface area contributed by atoms with Crippen LogP contribution in [0.25, 0.3) is 10.9 Å². The number of aryl methyl sites for hydroxylation is 1. The molecular weight excluding hydrogens is 376 g/mol. The van der Waals surface area contributed by atoms with E-state index >= 15 is 0 Å². The molecule has 30 heavy (non-hydrogen) atoms. The third kappa shape index (κ3) is 5.41. The van der Waals surface area contributed by atoms with E-state index in [0.29, 0.717) is 6.54 Å². The highest BCUT2D eigenvalue weighted by Gasteiger charge is 2.17. The van der Waals surface area contributed by atoms with E-state index in [9.17, 15) is 4.79 Å². The van der Waals surface area contributed by atoms with E-state index in [0.717, 1.165) is 67.3 Å². The molecule has 1 aromatic heterocycles. The minimum Gasteiger partial charge on any atom is -0.379 e. The first-order valence-corrected chi connectivity index (χ1v) is 11.8. The molecule has 6 nitrogen and oxygen atoms in total. The van der Waals surface area contributed by atoms with E-state index < -0.39 is 0 Å². The molecule has 1 aliphatic carbocycles. The van der Waals surface area contributed by atoms with Gasteiger partial charge in [-0.15, -0.1) is 0 Å².